The highest BCUT2D eigenvalue weighted by Gasteiger charge is 2.09. The molecule has 4 heteroatoms. The Labute approximate surface area is 99.0 Å². The molecule has 1 aromatic heterocycles. The van der Waals surface area contributed by atoms with Gasteiger partial charge in [-0.1, -0.05) is 0 Å². The summed E-state index contributed by atoms with van der Waals surface area (Å²) >= 11 is 3.80. The number of fused-ring (bicyclic) bond motifs is 1. The minimum atomic E-state index is 0.739. The number of aldehydes is 1. The van der Waals surface area contributed by atoms with Crippen LogP contribution in [0.5, 0.6) is 5.75 Å². The number of halogens is 1. The molecule has 0 saturated heterocycles. The lowest BCUT2D eigenvalue weighted by atomic mass is 10.2. The first-order valence-electron chi connectivity index (χ1n) is 3.96. The van der Waals surface area contributed by atoms with E-state index in [1.54, 1.807) is 18.4 Å². The lowest BCUT2D eigenvalue weighted by Crippen LogP contribution is -1.86. The summed E-state index contributed by atoms with van der Waals surface area (Å²) in [5.41, 5.74) is 0.739. The zero-order chi connectivity index (χ0) is 10.1. The van der Waals surface area contributed by atoms with Crippen LogP contribution in [-0.4, -0.2) is 13.4 Å². The number of methoxy groups -OCH3 is 1. The molecule has 0 N–H and O–H groups in total. The molecule has 0 spiro atoms. The highest BCUT2D eigenvalue weighted by Crippen LogP contribution is 2.35. The van der Waals surface area contributed by atoms with Gasteiger partial charge >= 0.3 is 0 Å². The number of rotatable bonds is 2. The van der Waals surface area contributed by atoms with Crippen molar-refractivity contribution in [1.29, 1.82) is 0 Å². The zero-order valence-corrected chi connectivity index (χ0v) is 10.4. The first-order chi connectivity index (χ1) is 6.77. The minimum absolute atomic E-state index is 0.739. The van der Waals surface area contributed by atoms with E-state index < -0.39 is 0 Å². The molecule has 0 aliphatic rings. The summed E-state index contributed by atoms with van der Waals surface area (Å²) in [6, 6.07) is 3.75. The van der Waals surface area contributed by atoms with Crippen LogP contribution >= 0.6 is 33.9 Å². The third-order valence-electron chi connectivity index (χ3n) is 2.02. The van der Waals surface area contributed by atoms with E-state index in [-0.39, 0.29) is 0 Å². The Morgan fingerprint density at radius 3 is 2.93 bits per heavy atom. The van der Waals surface area contributed by atoms with Crippen LogP contribution in [-0.2, 0) is 0 Å². The summed E-state index contributed by atoms with van der Waals surface area (Å²) in [7, 11) is 1.65. The van der Waals surface area contributed by atoms with Crippen molar-refractivity contribution in [2.75, 3.05) is 7.11 Å². The predicted octanol–water partition coefficient (Wildman–Crippen LogP) is 3.33. The van der Waals surface area contributed by atoms with Gasteiger partial charge in [0.1, 0.15) is 5.75 Å². The fourth-order valence-electron chi connectivity index (χ4n) is 1.31. The summed E-state index contributed by atoms with van der Waals surface area (Å²) in [5.74, 6) is 0.875. The van der Waals surface area contributed by atoms with Crippen molar-refractivity contribution in [3.8, 4) is 5.75 Å². The lowest BCUT2D eigenvalue weighted by Gasteiger charge is -1.99. The standard InChI is InChI=1S/C10H7IO2S/c1-13-8-5-14-10-7(8)3-2-6(4-12)9(10)11/h2-5H,1H3. The molecular formula is C10H7IO2S. The summed E-state index contributed by atoms with van der Waals surface area (Å²) in [6.07, 6.45) is 0.882. The number of benzene rings is 1. The molecule has 0 atom stereocenters. The molecule has 14 heavy (non-hydrogen) atoms. The Kier molecular flexibility index (Phi) is 2.73. The topological polar surface area (TPSA) is 26.3 Å². The largest absolute Gasteiger partial charge is 0.495 e. The average molecular weight is 318 g/mol. The van der Waals surface area contributed by atoms with Crippen molar-refractivity contribution < 1.29 is 9.53 Å². The average Bonchev–Trinajstić information content (AvgIpc) is 2.62. The third-order valence-corrected chi connectivity index (χ3v) is 4.54. The lowest BCUT2D eigenvalue weighted by molar-refractivity contribution is 0.112. The van der Waals surface area contributed by atoms with Crippen LogP contribution in [0.4, 0.5) is 0 Å². The number of carbonyl (C=O) groups is 1. The van der Waals surface area contributed by atoms with Crippen LogP contribution in [0.15, 0.2) is 17.5 Å². The SMILES string of the molecule is COc1csc2c(I)c(C=O)ccc12. The summed E-state index contributed by atoms with van der Waals surface area (Å²) < 4.78 is 7.34. The van der Waals surface area contributed by atoms with Crippen LogP contribution in [0.3, 0.4) is 0 Å². The van der Waals surface area contributed by atoms with Gasteiger partial charge in [-0.25, -0.2) is 0 Å². The number of hydrogen-bond acceptors (Lipinski definition) is 3. The monoisotopic (exact) mass is 318 g/mol. The summed E-state index contributed by atoms with van der Waals surface area (Å²) in [6.45, 7) is 0. The van der Waals surface area contributed by atoms with Crippen molar-refractivity contribution in [2.24, 2.45) is 0 Å². The molecule has 1 heterocycles. The molecule has 2 nitrogen and oxygen atoms in total. The summed E-state index contributed by atoms with van der Waals surface area (Å²) in [5, 5.41) is 3.04. The molecular weight excluding hydrogens is 311 g/mol. The van der Waals surface area contributed by atoms with Gasteiger partial charge in [-0.15, -0.1) is 11.3 Å². The van der Waals surface area contributed by atoms with E-state index in [9.17, 15) is 4.79 Å². The normalized spacial score (nSPS) is 10.4. The second-order valence-electron chi connectivity index (χ2n) is 2.77. The Bertz CT molecular complexity index is 490. The molecule has 0 unspecified atom stereocenters. The van der Waals surface area contributed by atoms with Crippen LogP contribution in [0.25, 0.3) is 10.1 Å². The van der Waals surface area contributed by atoms with E-state index in [2.05, 4.69) is 22.6 Å². The van der Waals surface area contributed by atoms with E-state index in [1.807, 2.05) is 17.5 Å². The van der Waals surface area contributed by atoms with Crippen LogP contribution < -0.4 is 4.74 Å². The first-order valence-corrected chi connectivity index (χ1v) is 5.92. The van der Waals surface area contributed by atoms with Gasteiger partial charge in [0, 0.05) is 19.9 Å². The van der Waals surface area contributed by atoms with Gasteiger partial charge < -0.3 is 4.74 Å². The van der Waals surface area contributed by atoms with E-state index >= 15 is 0 Å². The van der Waals surface area contributed by atoms with Gasteiger partial charge in [-0.3, -0.25) is 4.79 Å². The van der Waals surface area contributed by atoms with Gasteiger partial charge in [-0.2, -0.15) is 0 Å². The maximum Gasteiger partial charge on any atom is 0.151 e. The van der Waals surface area contributed by atoms with E-state index in [0.717, 1.165) is 31.3 Å². The molecule has 0 saturated carbocycles. The van der Waals surface area contributed by atoms with Gasteiger partial charge in [-0.05, 0) is 34.7 Å². The van der Waals surface area contributed by atoms with Crippen LogP contribution in [0, 0.1) is 3.57 Å². The van der Waals surface area contributed by atoms with Crippen molar-refractivity contribution >= 4 is 50.3 Å². The van der Waals surface area contributed by atoms with Crippen molar-refractivity contribution in [2.45, 2.75) is 0 Å². The third kappa shape index (κ3) is 1.42. The maximum atomic E-state index is 10.7. The smallest absolute Gasteiger partial charge is 0.151 e. The second-order valence-corrected chi connectivity index (χ2v) is 4.73. The number of hydrogen-bond donors (Lipinski definition) is 0. The molecule has 2 rings (SSSR count). The molecule has 2 aromatic rings. The van der Waals surface area contributed by atoms with Crippen molar-refractivity contribution in [3.05, 3.63) is 26.6 Å². The summed E-state index contributed by atoms with van der Waals surface area (Å²) in [4.78, 5) is 10.7. The van der Waals surface area contributed by atoms with E-state index in [4.69, 9.17) is 4.74 Å². The molecule has 72 valence electrons. The molecule has 0 amide bonds. The number of carbonyl (C=O) groups excluding carboxylic acids is 1. The Balaban J connectivity index is 2.78. The van der Waals surface area contributed by atoms with Crippen molar-refractivity contribution in [3.63, 3.8) is 0 Å². The van der Waals surface area contributed by atoms with Crippen LogP contribution in [0.2, 0.25) is 0 Å². The molecule has 0 aliphatic carbocycles. The Morgan fingerprint density at radius 2 is 2.29 bits per heavy atom. The van der Waals surface area contributed by atoms with Crippen molar-refractivity contribution in [1.82, 2.24) is 0 Å². The quantitative estimate of drug-likeness (QED) is 0.627. The van der Waals surface area contributed by atoms with Gasteiger partial charge in [0.15, 0.2) is 6.29 Å². The molecule has 0 fully saturated rings. The van der Waals surface area contributed by atoms with Gasteiger partial charge in [0.2, 0.25) is 0 Å². The number of ether oxygens (including phenoxy) is 1. The Hall–Kier alpha value is -0.620. The zero-order valence-electron chi connectivity index (χ0n) is 7.41. The fraction of sp³-hybridized carbons (Fsp3) is 0.100. The van der Waals surface area contributed by atoms with E-state index in [1.165, 1.54) is 0 Å². The predicted molar refractivity (Wildman–Crippen MR) is 66.5 cm³/mol. The minimum Gasteiger partial charge on any atom is -0.495 e. The highest BCUT2D eigenvalue weighted by molar-refractivity contribution is 14.1. The molecule has 0 radical (unpaired) electrons. The Morgan fingerprint density at radius 1 is 1.50 bits per heavy atom. The van der Waals surface area contributed by atoms with Crippen LogP contribution in [0.1, 0.15) is 10.4 Å². The number of thiophene rings is 1. The first kappa shape index (κ1) is 9.92. The highest BCUT2D eigenvalue weighted by atomic mass is 127. The van der Waals surface area contributed by atoms with Gasteiger partial charge in [0.25, 0.3) is 0 Å². The van der Waals surface area contributed by atoms with Gasteiger partial charge in [0.05, 0.1) is 11.8 Å². The molecule has 1 aromatic carbocycles. The second kappa shape index (κ2) is 3.86. The molecule has 0 aliphatic heterocycles. The fourth-order valence-corrected chi connectivity index (χ4v) is 3.25. The van der Waals surface area contributed by atoms with E-state index in [0.29, 0.717) is 0 Å². The molecule has 0 bridgehead atoms. The maximum absolute atomic E-state index is 10.7.